The van der Waals surface area contributed by atoms with Crippen molar-refractivity contribution in [3.8, 4) is 0 Å². The van der Waals surface area contributed by atoms with Gasteiger partial charge in [-0.2, -0.15) is 0 Å². The number of urea groups is 1. The number of morpholine rings is 1. The first kappa shape index (κ1) is 15.1. The molecule has 2 aliphatic rings. The lowest BCUT2D eigenvalue weighted by atomic mass is 10.0. The number of carboxylic acid groups (broad SMARTS) is 1. The van der Waals surface area contributed by atoms with Crippen molar-refractivity contribution in [2.24, 2.45) is 5.92 Å². The molecule has 3 unspecified atom stereocenters. The monoisotopic (exact) mass is 286 g/mol. The SMILES string of the molecule is CC1CCN(C(=O)N2CCOCC2CC(=O)O)C1CO. The molecule has 7 heteroatoms. The average molecular weight is 286 g/mol. The minimum absolute atomic E-state index is 0.0547. The molecule has 2 fully saturated rings. The van der Waals surface area contributed by atoms with E-state index in [-0.39, 0.29) is 37.6 Å². The van der Waals surface area contributed by atoms with E-state index in [1.165, 1.54) is 0 Å². The summed E-state index contributed by atoms with van der Waals surface area (Å²) in [5.74, 6) is -0.672. The third-order valence-corrected chi connectivity index (χ3v) is 4.20. The van der Waals surface area contributed by atoms with Crippen LogP contribution in [-0.2, 0) is 9.53 Å². The first-order valence-corrected chi connectivity index (χ1v) is 7.02. The minimum atomic E-state index is -0.938. The Balaban J connectivity index is 2.07. The maximum atomic E-state index is 12.6. The number of aliphatic carboxylic acids is 1. The van der Waals surface area contributed by atoms with Crippen LogP contribution in [0.4, 0.5) is 4.79 Å². The maximum Gasteiger partial charge on any atom is 0.320 e. The van der Waals surface area contributed by atoms with Gasteiger partial charge in [-0.3, -0.25) is 4.79 Å². The Morgan fingerprint density at radius 2 is 2.05 bits per heavy atom. The van der Waals surface area contributed by atoms with Crippen molar-refractivity contribution in [2.75, 3.05) is 32.9 Å². The van der Waals surface area contributed by atoms with E-state index in [2.05, 4.69) is 0 Å². The Morgan fingerprint density at radius 1 is 1.30 bits per heavy atom. The van der Waals surface area contributed by atoms with Gasteiger partial charge in [0.2, 0.25) is 0 Å². The van der Waals surface area contributed by atoms with E-state index in [4.69, 9.17) is 9.84 Å². The van der Waals surface area contributed by atoms with Gasteiger partial charge in [-0.1, -0.05) is 6.92 Å². The Hall–Kier alpha value is -1.34. The fourth-order valence-electron chi connectivity index (χ4n) is 2.97. The molecule has 0 saturated carbocycles. The number of nitrogens with zero attached hydrogens (tertiary/aromatic N) is 2. The lowest BCUT2D eigenvalue weighted by Crippen LogP contribution is -2.56. The van der Waals surface area contributed by atoms with Gasteiger partial charge < -0.3 is 24.7 Å². The zero-order valence-electron chi connectivity index (χ0n) is 11.7. The molecule has 0 bridgehead atoms. The largest absolute Gasteiger partial charge is 0.481 e. The highest BCUT2D eigenvalue weighted by Gasteiger charge is 2.39. The topological polar surface area (TPSA) is 90.3 Å². The number of aliphatic hydroxyl groups excluding tert-OH is 1. The van der Waals surface area contributed by atoms with Crippen LogP contribution in [0.1, 0.15) is 19.8 Å². The molecule has 114 valence electrons. The smallest absolute Gasteiger partial charge is 0.320 e. The molecule has 20 heavy (non-hydrogen) atoms. The van der Waals surface area contributed by atoms with E-state index < -0.39 is 12.0 Å². The van der Waals surface area contributed by atoms with E-state index in [9.17, 15) is 14.7 Å². The predicted molar refractivity (Wildman–Crippen MR) is 70.3 cm³/mol. The normalized spacial score (nSPS) is 30.6. The zero-order valence-corrected chi connectivity index (χ0v) is 11.7. The number of likely N-dealkylation sites (tertiary alicyclic amines) is 1. The number of hydrogen-bond donors (Lipinski definition) is 2. The van der Waals surface area contributed by atoms with Gasteiger partial charge in [0.05, 0.1) is 38.3 Å². The van der Waals surface area contributed by atoms with Crippen LogP contribution >= 0.6 is 0 Å². The number of hydrogen-bond acceptors (Lipinski definition) is 4. The molecule has 0 aliphatic carbocycles. The fraction of sp³-hybridized carbons (Fsp3) is 0.846. The lowest BCUT2D eigenvalue weighted by molar-refractivity contribution is -0.139. The number of carboxylic acids is 1. The molecule has 0 aromatic heterocycles. The van der Waals surface area contributed by atoms with Crippen molar-refractivity contribution < 1.29 is 24.5 Å². The van der Waals surface area contributed by atoms with E-state index in [0.717, 1.165) is 6.42 Å². The van der Waals surface area contributed by atoms with Gasteiger partial charge in [0.25, 0.3) is 0 Å². The summed E-state index contributed by atoms with van der Waals surface area (Å²) in [6, 6.07) is -0.775. The van der Waals surface area contributed by atoms with E-state index in [1.54, 1.807) is 9.80 Å². The van der Waals surface area contributed by atoms with Gasteiger partial charge in [0.1, 0.15) is 0 Å². The second-order valence-corrected chi connectivity index (χ2v) is 5.51. The molecule has 0 radical (unpaired) electrons. The summed E-state index contributed by atoms with van der Waals surface area (Å²) in [7, 11) is 0. The van der Waals surface area contributed by atoms with Crippen LogP contribution in [0, 0.1) is 5.92 Å². The molecule has 2 rings (SSSR count). The highest BCUT2D eigenvalue weighted by Crippen LogP contribution is 2.26. The summed E-state index contributed by atoms with van der Waals surface area (Å²) >= 11 is 0. The van der Waals surface area contributed by atoms with Gasteiger partial charge in [0.15, 0.2) is 0 Å². The molecule has 7 nitrogen and oxygen atoms in total. The van der Waals surface area contributed by atoms with Crippen molar-refractivity contribution in [1.29, 1.82) is 0 Å². The molecule has 0 aromatic carbocycles. The zero-order chi connectivity index (χ0) is 14.7. The summed E-state index contributed by atoms with van der Waals surface area (Å²) in [6.07, 6.45) is 0.754. The maximum absolute atomic E-state index is 12.6. The Bertz CT molecular complexity index is 376. The molecule has 0 aromatic rings. The van der Waals surface area contributed by atoms with Crippen LogP contribution < -0.4 is 0 Å². The van der Waals surface area contributed by atoms with E-state index in [1.807, 2.05) is 6.92 Å². The molecule has 2 heterocycles. The van der Waals surface area contributed by atoms with Crippen LogP contribution in [0.5, 0.6) is 0 Å². The fourth-order valence-corrected chi connectivity index (χ4v) is 2.97. The van der Waals surface area contributed by atoms with Crippen molar-refractivity contribution in [3.05, 3.63) is 0 Å². The first-order valence-electron chi connectivity index (χ1n) is 7.02. The molecular weight excluding hydrogens is 264 g/mol. The van der Waals surface area contributed by atoms with Gasteiger partial charge in [-0.15, -0.1) is 0 Å². The number of rotatable bonds is 3. The summed E-state index contributed by atoms with van der Waals surface area (Å²) in [6.45, 7) is 3.66. The third-order valence-electron chi connectivity index (χ3n) is 4.20. The highest BCUT2D eigenvalue weighted by molar-refractivity contribution is 5.77. The number of carbonyl (C=O) groups excluding carboxylic acids is 1. The summed E-state index contributed by atoms with van der Waals surface area (Å²) in [4.78, 5) is 26.7. The van der Waals surface area contributed by atoms with E-state index >= 15 is 0 Å². The quantitative estimate of drug-likeness (QED) is 0.761. The van der Waals surface area contributed by atoms with Crippen molar-refractivity contribution in [2.45, 2.75) is 31.8 Å². The Labute approximate surface area is 118 Å². The Kier molecular flexibility index (Phi) is 4.82. The lowest BCUT2D eigenvalue weighted by Gasteiger charge is -2.39. The van der Waals surface area contributed by atoms with Crippen LogP contribution in [0.25, 0.3) is 0 Å². The molecule has 3 atom stereocenters. The average Bonchev–Trinajstić information content (AvgIpc) is 2.79. The van der Waals surface area contributed by atoms with Crippen molar-refractivity contribution in [1.82, 2.24) is 9.80 Å². The summed E-state index contributed by atoms with van der Waals surface area (Å²) in [5.41, 5.74) is 0. The van der Waals surface area contributed by atoms with Crippen LogP contribution in [-0.4, -0.2) is 77.0 Å². The molecule has 2 N–H and O–H groups in total. The van der Waals surface area contributed by atoms with Crippen LogP contribution in [0.3, 0.4) is 0 Å². The molecular formula is C13H22N2O5. The molecule has 0 spiro atoms. The minimum Gasteiger partial charge on any atom is -0.481 e. The number of amides is 2. The second-order valence-electron chi connectivity index (χ2n) is 5.51. The summed E-state index contributed by atoms with van der Waals surface area (Å²) in [5, 5.41) is 18.4. The molecule has 2 aliphatic heterocycles. The van der Waals surface area contributed by atoms with Gasteiger partial charge in [-0.05, 0) is 12.3 Å². The third kappa shape index (κ3) is 3.04. The van der Waals surface area contributed by atoms with Crippen molar-refractivity contribution in [3.63, 3.8) is 0 Å². The number of carbonyl (C=O) groups is 2. The number of ether oxygens (including phenoxy) is 1. The van der Waals surface area contributed by atoms with E-state index in [0.29, 0.717) is 19.7 Å². The first-order chi connectivity index (χ1) is 9.54. The van der Waals surface area contributed by atoms with Gasteiger partial charge >= 0.3 is 12.0 Å². The van der Waals surface area contributed by atoms with Crippen LogP contribution in [0.2, 0.25) is 0 Å². The summed E-state index contributed by atoms with van der Waals surface area (Å²) < 4.78 is 5.28. The second kappa shape index (κ2) is 6.41. The van der Waals surface area contributed by atoms with Crippen molar-refractivity contribution >= 4 is 12.0 Å². The molecule has 2 saturated heterocycles. The Morgan fingerprint density at radius 3 is 2.70 bits per heavy atom. The number of aliphatic hydroxyl groups is 1. The molecule has 2 amide bonds. The highest BCUT2D eigenvalue weighted by atomic mass is 16.5. The van der Waals surface area contributed by atoms with Gasteiger partial charge in [-0.25, -0.2) is 4.79 Å². The van der Waals surface area contributed by atoms with Gasteiger partial charge in [0, 0.05) is 13.1 Å². The van der Waals surface area contributed by atoms with Crippen LogP contribution in [0.15, 0.2) is 0 Å². The standard InChI is InChI=1S/C13H22N2O5/c1-9-2-3-15(11(9)7-16)13(19)14-4-5-20-8-10(14)6-12(17)18/h9-11,16H,2-8H2,1H3,(H,17,18). The predicted octanol–water partition coefficient (Wildman–Crippen LogP) is -0.0154.